The van der Waals surface area contributed by atoms with Gasteiger partial charge < -0.3 is 4.98 Å². The van der Waals surface area contributed by atoms with Crippen LogP contribution < -0.4 is 0 Å². The fourth-order valence-electron chi connectivity index (χ4n) is 1.06. The van der Waals surface area contributed by atoms with E-state index in [1.807, 2.05) is 0 Å². The monoisotopic (exact) mass is 251 g/mol. The average molecular weight is 252 g/mol. The Hall–Kier alpha value is -0.850. The summed E-state index contributed by atoms with van der Waals surface area (Å²) in [6.45, 7) is 0. The lowest BCUT2D eigenvalue weighted by molar-refractivity contribution is 0.610. The lowest BCUT2D eigenvalue weighted by atomic mass is 10.4. The van der Waals surface area contributed by atoms with E-state index in [1.54, 1.807) is 0 Å². The first-order chi connectivity index (χ1) is 6.48. The summed E-state index contributed by atoms with van der Waals surface area (Å²) < 4.78 is 22.1. The van der Waals surface area contributed by atoms with E-state index in [2.05, 4.69) is 15.2 Å². The van der Waals surface area contributed by atoms with E-state index in [-0.39, 0.29) is 15.6 Å². The van der Waals surface area contributed by atoms with E-state index in [0.717, 1.165) is 0 Å². The van der Waals surface area contributed by atoms with E-state index >= 15 is 0 Å². The van der Waals surface area contributed by atoms with Gasteiger partial charge in [0.15, 0.2) is 5.15 Å². The molecule has 0 amide bonds. The SMILES string of the molecule is O=S(=O)(Cl)c1c[nH]c2cc(Cl)nnc12. The van der Waals surface area contributed by atoms with Crippen molar-refractivity contribution in [2.24, 2.45) is 0 Å². The predicted octanol–water partition coefficient (Wildman–Crippen LogP) is 1.54. The van der Waals surface area contributed by atoms with Crippen LogP contribution in [0, 0.1) is 0 Å². The van der Waals surface area contributed by atoms with E-state index in [0.29, 0.717) is 5.52 Å². The lowest BCUT2D eigenvalue weighted by Crippen LogP contribution is -1.91. The van der Waals surface area contributed by atoms with Crippen LogP contribution in [0.4, 0.5) is 0 Å². The number of nitrogens with one attached hydrogen (secondary N) is 1. The molecule has 2 aromatic rings. The molecule has 74 valence electrons. The summed E-state index contributed by atoms with van der Waals surface area (Å²) in [4.78, 5) is 2.59. The maximum Gasteiger partial charge on any atom is 0.265 e. The van der Waals surface area contributed by atoms with Crippen molar-refractivity contribution >= 4 is 42.4 Å². The van der Waals surface area contributed by atoms with Gasteiger partial charge in [0.2, 0.25) is 0 Å². The molecule has 0 unspecified atom stereocenters. The standard InChI is InChI=1S/C6H3Cl2N3O2S/c7-5-1-3-6(11-10-5)4(2-9-3)14(8,12)13/h1-2,9H. The van der Waals surface area contributed by atoms with Gasteiger partial charge >= 0.3 is 0 Å². The summed E-state index contributed by atoms with van der Waals surface area (Å²) in [5.74, 6) is 0. The van der Waals surface area contributed by atoms with Crippen molar-refractivity contribution < 1.29 is 8.42 Å². The Morgan fingerprint density at radius 2 is 2.07 bits per heavy atom. The molecule has 0 atom stereocenters. The van der Waals surface area contributed by atoms with Crippen molar-refractivity contribution in [1.29, 1.82) is 0 Å². The Morgan fingerprint density at radius 1 is 1.36 bits per heavy atom. The summed E-state index contributed by atoms with van der Waals surface area (Å²) in [6, 6.07) is 1.47. The zero-order valence-electron chi connectivity index (χ0n) is 6.53. The van der Waals surface area contributed by atoms with Crippen LogP contribution >= 0.6 is 22.3 Å². The van der Waals surface area contributed by atoms with Gasteiger partial charge in [-0.05, 0) is 0 Å². The molecule has 0 spiro atoms. The third-order valence-electron chi connectivity index (χ3n) is 1.62. The molecular weight excluding hydrogens is 249 g/mol. The smallest absolute Gasteiger partial charge is 0.265 e. The van der Waals surface area contributed by atoms with Gasteiger partial charge in [-0.1, -0.05) is 11.6 Å². The first-order valence-electron chi connectivity index (χ1n) is 3.43. The molecule has 0 aromatic carbocycles. The normalized spacial score (nSPS) is 12.1. The first-order valence-corrected chi connectivity index (χ1v) is 6.12. The molecular formula is C6H3Cl2N3O2S. The number of halogens is 2. The van der Waals surface area contributed by atoms with Crippen LogP contribution in [0.2, 0.25) is 5.15 Å². The number of hydrogen-bond donors (Lipinski definition) is 1. The van der Waals surface area contributed by atoms with E-state index < -0.39 is 9.05 Å². The molecule has 1 N–H and O–H groups in total. The quantitative estimate of drug-likeness (QED) is 0.781. The highest BCUT2D eigenvalue weighted by Crippen LogP contribution is 2.24. The molecule has 2 heterocycles. The molecule has 8 heteroatoms. The Morgan fingerprint density at radius 3 is 2.71 bits per heavy atom. The van der Waals surface area contributed by atoms with Gasteiger partial charge in [-0.3, -0.25) is 0 Å². The lowest BCUT2D eigenvalue weighted by Gasteiger charge is -1.91. The van der Waals surface area contributed by atoms with Crippen molar-refractivity contribution in [3.8, 4) is 0 Å². The average Bonchev–Trinajstić information content (AvgIpc) is 2.45. The van der Waals surface area contributed by atoms with Gasteiger partial charge in [0.1, 0.15) is 10.4 Å². The van der Waals surface area contributed by atoms with Crippen molar-refractivity contribution in [2.45, 2.75) is 4.90 Å². The summed E-state index contributed by atoms with van der Waals surface area (Å²) in [5.41, 5.74) is 0.661. The zero-order valence-corrected chi connectivity index (χ0v) is 8.86. The molecule has 0 bridgehead atoms. The number of rotatable bonds is 1. The van der Waals surface area contributed by atoms with E-state index in [4.69, 9.17) is 22.3 Å². The number of hydrogen-bond acceptors (Lipinski definition) is 4. The molecule has 0 fully saturated rings. The van der Waals surface area contributed by atoms with Crippen LogP contribution in [0.15, 0.2) is 17.2 Å². The maximum atomic E-state index is 11.0. The molecule has 14 heavy (non-hydrogen) atoms. The molecule has 0 aliphatic rings. The molecule has 0 saturated carbocycles. The van der Waals surface area contributed by atoms with Gasteiger partial charge in [0, 0.05) is 22.9 Å². The predicted molar refractivity (Wildman–Crippen MR) is 51.9 cm³/mol. The van der Waals surface area contributed by atoms with Crippen LogP contribution in [0.3, 0.4) is 0 Å². The topological polar surface area (TPSA) is 75.7 Å². The Balaban J connectivity index is 2.83. The summed E-state index contributed by atoms with van der Waals surface area (Å²) >= 11 is 5.57. The van der Waals surface area contributed by atoms with Crippen molar-refractivity contribution in [2.75, 3.05) is 0 Å². The number of aromatic nitrogens is 3. The number of nitrogens with zero attached hydrogens (tertiary/aromatic N) is 2. The highest BCUT2D eigenvalue weighted by atomic mass is 35.7. The van der Waals surface area contributed by atoms with Gasteiger partial charge in [-0.25, -0.2) is 8.42 Å². The third kappa shape index (κ3) is 1.56. The van der Waals surface area contributed by atoms with Crippen molar-refractivity contribution in [3.63, 3.8) is 0 Å². The number of fused-ring (bicyclic) bond motifs is 1. The van der Waals surface area contributed by atoms with Gasteiger partial charge in [0.05, 0.1) is 5.52 Å². The molecule has 0 aliphatic heterocycles. The summed E-state index contributed by atoms with van der Waals surface area (Å²) in [6.07, 6.45) is 1.25. The van der Waals surface area contributed by atoms with Crippen LogP contribution in [0.25, 0.3) is 11.0 Å². The van der Waals surface area contributed by atoms with Crippen LogP contribution in [-0.2, 0) is 9.05 Å². The minimum atomic E-state index is -3.80. The minimum Gasteiger partial charge on any atom is -0.358 e. The molecule has 0 aliphatic carbocycles. The molecule has 2 rings (SSSR count). The zero-order chi connectivity index (χ0) is 10.3. The van der Waals surface area contributed by atoms with Crippen molar-refractivity contribution in [3.05, 3.63) is 17.4 Å². The second-order valence-electron chi connectivity index (χ2n) is 2.52. The minimum absolute atomic E-state index is 0.0988. The molecule has 5 nitrogen and oxygen atoms in total. The highest BCUT2D eigenvalue weighted by Gasteiger charge is 2.17. The van der Waals surface area contributed by atoms with Crippen LogP contribution in [0.1, 0.15) is 0 Å². The van der Waals surface area contributed by atoms with Crippen LogP contribution in [-0.4, -0.2) is 23.6 Å². The van der Waals surface area contributed by atoms with Gasteiger partial charge in [-0.15, -0.1) is 10.2 Å². The Kier molecular flexibility index (Phi) is 2.13. The Labute approximate surface area is 88.5 Å². The van der Waals surface area contributed by atoms with Crippen molar-refractivity contribution in [1.82, 2.24) is 15.2 Å². The van der Waals surface area contributed by atoms with Gasteiger partial charge in [0.25, 0.3) is 9.05 Å². The fraction of sp³-hybridized carbons (Fsp3) is 0. The second kappa shape index (κ2) is 3.08. The number of aromatic amines is 1. The largest absolute Gasteiger partial charge is 0.358 e. The maximum absolute atomic E-state index is 11.0. The number of H-pyrrole nitrogens is 1. The van der Waals surface area contributed by atoms with Crippen LogP contribution in [0.5, 0.6) is 0 Å². The highest BCUT2D eigenvalue weighted by molar-refractivity contribution is 8.14. The van der Waals surface area contributed by atoms with Gasteiger partial charge in [-0.2, -0.15) is 0 Å². The molecule has 0 saturated heterocycles. The molecule has 2 aromatic heterocycles. The molecule has 0 radical (unpaired) electrons. The summed E-state index contributed by atoms with van der Waals surface area (Å²) in [5, 5.41) is 7.33. The first kappa shape index (κ1) is 9.70. The fourth-order valence-corrected chi connectivity index (χ4v) is 2.14. The summed E-state index contributed by atoms with van der Waals surface area (Å²) in [7, 11) is 1.37. The Bertz CT molecular complexity index is 592. The second-order valence-corrected chi connectivity index (χ2v) is 5.44. The third-order valence-corrected chi connectivity index (χ3v) is 3.14. The van der Waals surface area contributed by atoms with E-state index in [1.165, 1.54) is 12.3 Å². The van der Waals surface area contributed by atoms with E-state index in [9.17, 15) is 8.42 Å².